The van der Waals surface area contributed by atoms with Crippen LogP contribution in [0.3, 0.4) is 0 Å². The van der Waals surface area contributed by atoms with Crippen LogP contribution in [0.25, 0.3) is 0 Å². The first-order valence-corrected chi connectivity index (χ1v) is 10.5. The van der Waals surface area contributed by atoms with E-state index in [0.717, 1.165) is 32.4 Å². The predicted molar refractivity (Wildman–Crippen MR) is 97.9 cm³/mol. The minimum absolute atomic E-state index is 0.0928. The zero-order valence-electron chi connectivity index (χ0n) is 14.8. The summed E-state index contributed by atoms with van der Waals surface area (Å²) in [6.07, 6.45) is 4.15. The number of nitrogens with zero attached hydrogens (tertiary/aromatic N) is 2. The van der Waals surface area contributed by atoms with Crippen molar-refractivity contribution in [3.63, 3.8) is 0 Å². The maximum absolute atomic E-state index is 12.6. The van der Waals surface area contributed by atoms with E-state index in [2.05, 4.69) is 17.1 Å². The van der Waals surface area contributed by atoms with E-state index >= 15 is 0 Å². The topological polar surface area (TPSA) is 69.7 Å². The molecule has 1 aromatic rings. The fourth-order valence-corrected chi connectivity index (χ4v) is 5.21. The van der Waals surface area contributed by atoms with Crippen molar-refractivity contribution in [1.82, 2.24) is 9.21 Å². The monoisotopic (exact) mass is 365 g/mol. The molecule has 6 nitrogen and oxygen atoms in total. The summed E-state index contributed by atoms with van der Waals surface area (Å²) in [4.78, 5) is 14.7. The number of anilines is 1. The molecule has 1 amide bonds. The van der Waals surface area contributed by atoms with Crippen molar-refractivity contribution in [3.8, 4) is 0 Å². The number of likely N-dealkylation sites (tertiary alicyclic amines) is 1. The molecule has 2 heterocycles. The van der Waals surface area contributed by atoms with Crippen LogP contribution in [0.1, 0.15) is 32.6 Å². The summed E-state index contributed by atoms with van der Waals surface area (Å²) < 4.78 is 26.8. The first kappa shape index (κ1) is 18.4. The average molecular weight is 365 g/mol. The molecule has 0 aromatic heterocycles. The molecule has 0 radical (unpaired) electrons. The molecule has 2 saturated heterocycles. The van der Waals surface area contributed by atoms with Gasteiger partial charge in [0.1, 0.15) is 0 Å². The molecule has 2 fully saturated rings. The highest BCUT2D eigenvalue weighted by atomic mass is 32.2. The van der Waals surface area contributed by atoms with Crippen molar-refractivity contribution < 1.29 is 13.2 Å². The molecular weight excluding hydrogens is 338 g/mol. The molecule has 0 spiro atoms. The normalized spacial score (nSPS) is 22.8. The van der Waals surface area contributed by atoms with Crippen molar-refractivity contribution in [1.29, 1.82) is 0 Å². The van der Waals surface area contributed by atoms with Crippen LogP contribution < -0.4 is 5.32 Å². The van der Waals surface area contributed by atoms with Gasteiger partial charge in [-0.25, -0.2) is 8.42 Å². The number of amides is 1. The molecule has 0 bridgehead atoms. The van der Waals surface area contributed by atoms with Crippen LogP contribution in [0.5, 0.6) is 0 Å². The van der Waals surface area contributed by atoms with Gasteiger partial charge in [-0.05, 0) is 56.3 Å². The smallest absolute Gasteiger partial charge is 0.243 e. The molecule has 1 N–H and O–H groups in total. The highest BCUT2D eigenvalue weighted by Crippen LogP contribution is 2.23. The molecule has 1 aromatic carbocycles. The van der Waals surface area contributed by atoms with Crippen LogP contribution in [0, 0.1) is 5.92 Å². The Hall–Kier alpha value is -1.44. The van der Waals surface area contributed by atoms with Crippen LogP contribution in [-0.4, -0.2) is 56.3 Å². The van der Waals surface area contributed by atoms with Gasteiger partial charge >= 0.3 is 0 Å². The number of rotatable bonds is 5. The second-order valence-corrected chi connectivity index (χ2v) is 9.11. The number of sulfonamides is 1. The fourth-order valence-electron chi connectivity index (χ4n) is 3.65. The number of carbonyl (C=O) groups is 1. The van der Waals surface area contributed by atoms with Crippen molar-refractivity contribution >= 4 is 21.6 Å². The van der Waals surface area contributed by atoms with Crippen molar-refractivity contribution in [2.75, 3.05) is 38.0 Å². The van der Waals surface area contributed by atoms with Gasteiger partial charge in [0.2, 0.25) is 15.9 Å². The lowest BCUT2D eigenvalue weighted by atomic mass is 10.0. The van der Waals surface area contributed by atoms with Crippen LogP contribution >= 0.6 is 0 Å². The standard InChI is InChI=1S/C18H27N3O3S/c1-15-6-5-9-20(13-15)14-18(22)19-16-7-4-8-17(12-16)25(23,24)21-10-2-3-11-21/h4,7-8,12,15H,2-3,5-6,9-11,13-14H2,1H3,(H,19,22)/t15-/m0/s1. The van der Waals surface area contributed by atoms with Crippen molar-refractivity contribution in [2.45, 2.75) is 37.5 Å². The third-order valence-electron chi connectivity index (χ3n) is 4.93. The Balaban J connectivity index is 1.64. The summed E-state index contributed by atoms with van der Waals surface area (Å²) in [5, 5.41) is 2.84. The van der Waals surface area contributed by atoms with Gasteiger partial charge in [0.15, 0.2) is 0 Å². The van der Waals surface area contributed by atoms with Gasteiger partial charge in [0, 0.05) is 25.3 Å². The Labute approximate surface area is 150 Å². The SMILES string of the molecule is C[C@H]1CCCN(CC(=O)Nc2cccc(S(=O)(=O)N3CCCC3)c2)C1. The Morgan fingerprint density at radius 1 is 1.20 bits per heavy atom. The molecule has 2 aliphatic heterocycles. The minimum Gasteiger partial charge on any atom is -0.325 e. The number of benzene rings is 1. The lowest BCUT2D eigenvalue weighted by Crippen LogP contribution is -2.39. The number of piperidine rings is 1. The molecule has 3 rings (SSSR count). The number of hydrogen-bond acceptors (Lipinski definition) is 4. The van der Waals surface area contributed by atoms with Gasteiger partial charge in [-0.3, -0.25) is 9.69 Å². The highest BCUT2D eigenvalue weighted by molar-refractivity contribution is 7.89. The number of nitrogens with one attached hydrogen (secondary N) is 1. The predicted octanol–water partition coefficient (Wildman–Crippen LogP) is 2.14. The van der Waals surface area contributed by atoms with E-state index in [0.29, 0.717) is 31.2 Å². The van der Waals surface area contributed by atoms with Crippen molar-refractivity contribution in [2.24, 2.45) is 5.92 Å². The number of hydrogen-bond donors (Lipinski definition) is 1. The molecule has 138 valence electrons. The van der Waals surface area contributed by atoms with Gasteiger partial charge in [0.05, 0.1) is 11.4 Å². The molecule has 0 saturated carbocycles. The summed E-state index contributed by atoms with van der Waals surface area (Å²) in [6.45, 7) is 5.60. The van der Waals surface area contributed by atoms with E-state index in [9.17, 15) is 13.2 Å². The van der Waals surface area contributed by atoms with Gasteiger partial charge < -0.3 is 5.32 Å². The summed E-state index contributed by atoms with van der Waals surface area (Å²) in [5.41, 5.74) is 0.537. The zero-order chi connectivity index (χ0) is 17.9. The Bertz CT molecular complexity index is 714. The molecule has 0 unspecified atom stereocenters. The molecule has 2 aliphatic rings. The van der Waals surface area contributed by atoms with Crippen molar-refractivity contribution in [3.05, 3.63) is 24.3 Å². The van der Waals surface area contributed by atoms with E-state index < -0.39 is 10.0 Å². The maximum atomic E-state index is 12.6. The van der Waals surface area contributed by atoms with E-state index in [1.54, 1.807) is 24.3 Å². The molecule has 25 heavy (non-hydrogen) atoms. The third kappa shape index (κ3) is 4.59. The van der Waals surface area contributed by atoms with Gasteiger partial charge in [-0.15, -0.1) is 0 Å². The zero-order valence-corrected chi connectivity index (χ0v) is 15.6. The molecule has 7 heteroatoms. The summed E-state index contributed by atoms with van der Waals surface area (Å²) in [7, 11) is -3.46. The molecule has 1 atom stereocenters. The second-order valence-electron chi connectivity index (χ2n) is 7.17. The van der Waals surface area contributed by atoms with E-state index in [-0.39, 0.29) is 10.8 Å². The first-order valence-electron chi connectivity index (χ1n) is 9.07. The Morgan fingerprint density at radius 3 is 2.68 bits per heavy atom. The highest BCUT2D eigenvalue weighted by Gasteiger charge is 2.27. The Kier molecular flexibility index (Phi) is 5.76. The summed E-state index contributed by atoms with van der Waals surface area (Å²) >= 11 is 0. The van der Waals surface area contributed by atoms with E-state index in [4.69, 9.17) is 0 Å². The van der Waals surface area contributed by atoms with Gasteiger partial charge in [-0.1, -0.05) is 13.0 Å². The lowest BCUT2D eigenvalue weighted by Gasteiger charge is -2.30. The van der Waals surface area contributed by atoms with Crippen LogP contribution in [-0.2, 0) is 14.8 Å². The average Bonchev–Trinajstić information content (AvgIpc) is 3.10. The third-order valence-corrected chi connectivity index (χ3v) is 6.82. The summed E-state index contributed by atoms with van der Waals surface area (Å²) in [6, 6.07) is 6.57. The lowest BCUT2D eigenvalue weighted by molar-refractivity contribution is -0.117. The van der Waals surface area contributed by atoms with Crippen LogP contribution in [0.2, 0.25) is 0 Å². The summed E-state index contributed by atoms with van der Waals surface area (Å²) in [5.74, 6) is 0.528. The Morgan fingerprint density at radius 2 is 1.96 bits per heavy atom. The van der Waals surface area contributed by atoms with Gasteiger partial charge in [0.25, 0.3) is 0 Å². The van der Waals surface area contributed by atoms with Crippen LogP contribution in [0.15, 0.2) is 29.2 Å². The first-order chi connectivity index (χ1) is 11.9. The maximum Gasteiger partial charge on any atom is 0.243 e. The minimum atomic E-state index is -3.46. The second kappa shape index (κ2) is 7.85. The van der Waals surface area contributed by atoms with E-state index in [1.807, 2.05) is 0 Å². The molecular formula is C18H27N3O3S. The van der Waals surface area contributed by atoms with Gasteiger partial charge in [-0.2, -0.15) is 4.31 Å². The quantitative estimate of drug-likeness (QED) is 0.868. The van der Waals surface area contributed by atoms with E-state index in [1.165, 1.54) is 10.7 Å². The largest absolute Gasteiger partial charge is 0.325 e. The fraction of sp³-hybridized carbons (Fsp3) is 0.611. The van der Waals surface area contributed by atoms with Crippen LogP contribution in [0.4, 0.5) is 5.69 Å². The molecule has 0 aliphatic carbocycles. The number of carbonyl (C=O) groups excluding carboxylic acids is 1.